The number of pyridine rings is 2. The molecule has 0 saturated carbocycles. The Bertz CT molecular complexity index is 1090. The molecule has 3 aromatic rings. The SMILES string of the molecule is O=C(c1cc2c(cn1)c(Nc1ccc(F)cn1)nn2CC(F)(F)F)N1CCC(O)CC1. The number of rotatable bonds is 4. The first-order chi connectivity index (χ1) is 14.7. The molecule has 1 aliphatic rings. The fourth-order valence-corrected chi connectivity index (χ4v) is 3.37. The van der Waals surface area contributed by atoms with Crippen LogP contribution in [0.2, 0.25) is 0 Å². The second-order valence-electron chi connectivity index (χ2n) is 7.22. The molecule has 12 heteroatoms. The van der Waals surface area contributed by atoms with Gasteiger partial charge in [-0.15, -0.1) is 0 Å². The molecule has 2 N–H and O–H groups in total. The number of carbonyl (C=O) groups is 1. The summed E-state index contributed by atoms with van der Waals surface area (Å²) in [4.78, 5) is 22.2. The second-order valence-corrected chi connectivity index (χ2v) is 7.22. The minimum absolute atomic E-state index is 0.0151. The highest BCUT2D eigenvalue weighted by atomic mass is 19.4. The summed E-state index contributed by atoms with van der Waals surface area (Å²) in [5.41, 5.74) is 0.0519. The molecule has 3 aromatic heterocycles. The van der Waals surface area contributed by atoms with Crippen LogP contribution in [0, 0.1) is 5.82 Å². The van der Waals surface area contributed by atoms with E-state index in [2.05, 4.69) is 20.4 Å². The zero-order chi connectivity index (χ0) is 22.2. The van der Waals surface area contributed by atoms with E-state index >= 15 is 0 Å². The van der Waals surface area contributed by atoms with Crippen molar-refractivity contribution < 1.29 is 27.5 Å². The molecule has 31 heavy (non-hydrogen) atoms. The Morgan fingerprint density at radius 1 is 1.19 bits per heavy atom. The van der Waals surface area contributed by atoms with Gasteiger partial charge in [-0.3, -0.25) is 14.5 Å². The van der Waals surface area contributed by atoms with Gasteiger partial charge in [-0.05, 0) is 31.0 Å². The molecule has 1 saturated heterocycles. The first kappa shape index (κ1) is 21.0. The van der Waals surface area contributed by atoms with Crippen molar-refractivity contribution >= 4 is 28.4 Å². The van der Waals surface area contributed by atoms with Gasteiger partial charge in [0.1, 0.15) is 23.9 Å². The largest absolute Gasteiger partial charge is 0.408 e. The smallest absolute Gasteiger partial charge is 0.393 e. The van der Waals surface area contributed by atoms with Crippen LogP contribution in [-0.4, -0.2) is 61.0 Å². The summed E-state index contributed by atoms with van der Waals surface area (Å²) in [7, 11) is 0. The summed E-state index contributed by atoms with van der Waals surface area (Å²) in [5, 5.41) is 16.6. The average Bonchev–Trinajstić information content (AvgIpc) is 3.04. The Labute approximate surface area is 173 Å². The van der Waals surface area contributed by atoms with E-state index in [9.17, 15) is 27.5 Å². The Morgan fingerprint density at radius 3 is 2.58 bits per heavy atom. The molecule has 4 heterocycles. The van der Waals surface area contributed by atoms with E-state index < -0.39 is 30.5 Å². The summed E-state index contributed by atoms with van der Waals surface area (Å²) in [6.07, 6.45) is -1.92. The molecule has 1 amide bonds. The zero-order valence-corrected chi connectivity index (χ0v) is 16.1. The van der Waals surface area contributed by atoms with Gasteiger partial charge in [0, 0.05) is 19.3 Å². The first-order valence-electron chi connectivity index (χ1n) is 9.49. The molecule has 0 spiro atoms. The molecule has 0 radical (unpaired) electrons. The highest BCUT2D eigenvalue weighted by Crippen LogP contribution is 2.28. The van der Waals surface area contributed by atoms with E-state index in [0.29, 0.717) is 25.9 Å². The van der Waals surface area contributed by atoms with E-state index in [4.69, 9.17) is 0 Å². The van der Waals surface area contributed by atoms with E-state index in [1.165, 1.54) is 23.2 Å². The summed E-state index contributed by atoms with van der Waals surface area (Å²) in [5.74, 6) is -0.755. The maximum atomic E-state index is 13.1. The van der Waals surface area contributed by atoms with Crippen molar-refractivity contribution in [2.45, 2.75) is 31.7 Å². The molecule has 4 rings (SSSR count). The topological polar surface area (TPSA) is 96.2 Å². The van der Waals surface area contributed by atoms with Gasteiger partial charge in [0.05, 0.1) is 23.2 Å². The third-order valence-corrected chi connectivity index (χ3v) is 4.91. The van der Waals surface area contributed by atoms with E-state index in [1.54, 1.807) is 0 Å². The molecule has 8 nitrogen and oxygen atoms in total. The fraction of sp³-hybridized carbons (Fsp3) is 0.368. The van der Waals surface area contributed by atoms with E-state index in [0.717, 1.165) is 16.9 Å². The van der Waals surface area contributed by atoms with E-state index in [-0.39, 0.29) is 28.2 Å². The minimum Gasteiger partial charge on any atom is -0.393 e. The first-order valence-corrected chi connectivity index (χ1v) is 9.49. The van der Waals surface area contributed by atoms with E-state index in [1.807, 2.05) is 0 Å². The van der Waals surface area contributed by atoms with Gasteiger partial charge in [0.25, 0.3) is 5.91 Å². The predicted molar refractivity (Wildman–Crippen MR) is 102 cm³/mol. The van der Waals surface area contributed by atoms with Crippen LogP contribution >= 0.6 is 0 Å². The van der Waals surface area contributed by atoms with Gasteiger partial charge in [-0.25, -0.2) is 9.37 Å². The number of halogens is 4. The highest BCUT2D eigenvalue weighted by molar-refractivity contribution is 5.98. The molecule has 0 aliphatic carbocycles. The molecule has 1 fully saturated rings. The molecule has 164 valence electrons. The molecular formula is C19H18F4N6O2. The van der Waals surface area contributed by atoms with Crippen molar-refractivity contribution in [3.05, 3.63) is 42.1 Å². The third kappa shape index (κ3) is 4.74. The number of hydrogen-bond acceptors (Lipinski definition) is 6. The van der Waals surface area contributed by atoms with Crippen molar-refractivity contribution in [3.63, 3.8) is 0 Å². The maximum absolute atomic E-state index is 13.1. The summed E-state index contributed by atoms with van der Waals surface area (Å²) in [6, 6.07) is 3.74. The summed E-state index contributed by atoms with van der Waals surface area (Å²) >= 11 is 0. The van der Waals surface area contributed by atoms with Crippen LogP contribution in [0.4, 0.5) is 29.2 Å². The van der Waals surface area contributed by atoms with Crippen LogP contribution in [-0.2, 0) is 6.54 Å². The number of carbonyl (C=O) groups excluding carboxylic acids is 1. The number of aliphatic hydroxyl groups is 1. The number of likely N-dealkylation sites (tertiary alicyclic amines) is 1. The van der Waals surface area contributed by atoms with Gasteiger partial charge >= 0.3 is 6.18 Å². The van der Waals surface area contributed by atoms with Crippen molar-refractivity contribution in [3.8, 4) is 0 Å². The van der Waals surface area contributed by atoms with Gasteiger partial charge in [0.15, 0.2) is 5.82 Å². The lowest BCUT2D eigenvalue weighted by atomic mass is 10.1. The van der Waals surface area contributed by atoms with Gasteiger partial charge < -0.3 is 15.3 Å². The van der Waals surface area contributed by atoms with Crippen LogP contribution in [0.5, 0.6) is 0 Å². The number of aliphatic hydroxyl groups excluding tert-OH is 1. The minimum atomic E-state index is -4.54. The van der Waals surface area contributed by atoms with Crippen LogP contribution in [0.25, 0.3) is 10.9 Å². The Morgan fingerprint density at radius 2 is 1.94 bits per heavy atom. The predicted octanol–water partition coefficient (Wildman–Crippen LogP) is 2.87. The molecule has 0 unspecified atom stereocenters. The maximum Gasteiger partial charge on any atom is 0.408 e. The van der Waals surface area contributed by atoms with Gasteiger partial charge in [-0.1, -0.05) is 0 Å². The van der Waals surface area contributed by atoms with Gasteiger partial charge in [-0.2, -0.15) is 18.3 Å². The van der Waals surface area contributed by atoms with Crippen molar-refractivity contribution in [1.82, 2.24) is 24.6 Å². The lowest BCUT2D eigenvalue weighted by molar-refractivity contribution is -0.141. The number of piperidine rings is 1. The Hall–Kier alpha value is -3.28. The molecule has 0 aromatic carbocycles. The van der Waals surface area contributed by atoms with Gasteiger partial charge in [0.2, 0.25) is 0 Å². The normalized spacial score (nSPS) is 15.5. The lowest BCUT2D eigenvalue weighted by Crippen LogP contribution is -2.40. The number of amides is 1. The summed E-state index contributed by atoms with van der Waals surface area (Å²) in [6.45, 7) is -0.690. The highest BCUT2D eigenvalue weighted by Gasteiger charge is 2.31. The standard InChI is InChI=1S/C19H18F4N6O2/c20-11-1-2-16(25-8-11)26-17-13-9-24-14(18(31)28-5-3-12(30)4-6-28)7-15(13)29(27-17)10-19(21,22)23/h1-2,7-9,12,30H,3-6,10H2,(H,25,26,27). The van der Waals surface area contributed by atoms with Crippen molar-refractivity contribution in [2.75, 3.05) is 18.4 Å². The fourth-order valence-electron chi connectivity index (χ4n) is 3.37. The molecule has 0 bridgehead atoms. The monoisotopic (exact) mass is 438 g/mol. The Kier molecular flexibility index (Phi) is 5.48. The van der Waals surface area contributed by atoms with Crippen LogP contribution < -0.4 is 5.32 Å². The Balaban J connectivity index is 1.69. The number of alkyl halides is 3. The molecule has 1 aliphatic heterocycles. The number of nitrogens with zero attached hydrogens (tertiary/aromatic N) is 5. The lowest BCUT2D eigenvalue weighted by Gasteiger charge is -2.29. The number of hydrogen-bond donors (Lipinski definition) is 2. The quantitative estimate of drug-likeness (QED) is 0.609. The number of fused-ring (bicyclic) bond motifs is 1. The molecular weight excluding hydrogens is 420 g/mol. The average molecular weight is 438 g/mol. The number of anilines is 2. The zero-order valence-electron chi connectivity index (χ0n) is 16.1. The second kappa shape index (κ2) is 8.10. The van der Waals surface area contributed by atoms with Crippen molar-refractivity contribution in [2.24, 2.45) is 0 Å². The van der Waals surface area contributed by atoms with Crippen LogP contribution in [0.3, 0.4) is 0 Å². The number of nitrogens with one attached hydrogen (secondary N) is 1. The summed E-state index contributed by atoms with van der Waals surface area (Å²) < 4.78 is 53.1. The number of aromatic nitrogens is 4. The van der Waals surface area contributed by atoms with Crippen molar-refractivity contribution in [1.29, 1.82) is 0 Å². The molecule has 0 atom stereocenters. The van der Waals surface area contributed by atoms with Crippen LogP contribution in [0.15, 0.2) is 30.6 Å². The third-order valence-electron chi connectivity index (χ3n) is 4.91. The van der Waals surface area contributed by atoms with Crippen LogP contribution in [0.1, 0.15) is 23.3 Å².